The van der Waals surface area contributed by atoms with E-state index >= 15 is 8.63 Å². The van der Waals surface area contributed by atoms with E-state index in [4.69, 9.17) is 0 Å². The number of ketones is 1. The van der Waals surface area contributed by atoms with Gasteiger partial charge < -0.3 is 32.7 Å². The third-order valence-corrected chi connectivity index (χ3v) is 12.4. The second kappa shape index (κ2) is 21.3. The van der Waals surface area contributed by atoms with Crippen LogP contribution in [0, 0.1) is 5.92 Å². The fourth-order valence-electron chi connectivity index (χ4n) is 7.32. The van der Waals surface area contributed by atoms with Crippen molar-refractivity contribution in [1.29, 1.82) is 0 Å². The largest absolute Gasteiger partial charge is 0.737 e. The monoisotopic (exact) mass is 799 g/mol. The normalized spacial score (nSPS) is 15.3. The molecule has 0 saturated heterocycles. The Hall–Kier alpha value is -3.23. The molecule has 2 amide bonds. The summed E-state index contributed by atoms with van der Waals surface area (Å²) >= 11 is 0. The molecule has 0 radical (unpaired) electrons. The van der Waals surface area contributed by atoms with Crippen LogP contribution in [-0.2, 0) is 27.2 Å². The molecule has 0 aliphatic carbocycles. The number of Topliss-reactive ketones (excluding diaryl/α,β-unsaturated/α-hetero) is 1. The van der Waals surface area contributed by atoms with Crippen LogP contribution in [0.15, 0.2) is 52.8 Å². The van der Waals surface area contributed by atoms with Gasteiger partial charge in [-0.3, -0.25) is 14.4 Å². The van der Waals surface area contributed by atoms with E-state index in [1.807, 2.05) is 43.3 Å². The van der Waals surface area contributed by atoms with Gasteiger partial charge in [0, 0.05) is 86.5 Å². The minimum atomic E-state index is -4.17. The predicted molar refractivity (Wildman–Crippen MR) is 224 cm³/mol. The van der Waals surface area contributed by atoms with Gasteiger partial charge in [0.15, 0.2) is 5.70 Å². The standard InChI is InChI=1S/C41H61BF2N6O3S2/c1-7-15-32-27-34(17-14-25-50(4,5)6)48-37(32)30-38-33(16-8-2)28-35(49(38)42(48,43)44)20-21-36(51)29-31(9-3)41(53)47-23-12-10-18-39(52)45-24-26-54-55-40-19-11-13-22-46-40/h11,13,19,22,27-28,30-31H,7-10,12,14-18,20-21,23-26,29H2,1-6H3,(H-,45,47,52,53)/p+1. The van der Waals surface area contributed by atoms with E-state index in [1.54, 1.807) is 27.8 Å². The van der Waals surface area contributed by atoms with Gasteiger partial charge in [-0.1, -0.05) is 50.5 Å². The zero-order valence-electron chi connectivity index (χ0n) is 33.8. The first-order valence-corrected chi connectivity index (χ1v) is 22.5. The summed E-state index contributed by atoms with van der Waals surface area (Å²) < 4.78 is 37.2. The molecule has 9 nitrogen and oxygen atoms in total. The van der Waals surface area contributed by atoms with E-state index in [-0.39, 0.29) is 36.9 Å². The minimum absolute atomic E-state index is 0.0133. The molecule has 2 aromatic rings. The Bertz CT molecular complexity index is 1720. The molecule has 1 unspecified atom stereocenters. The molecule has 1 atom stereocenters. The third kappa shape index (κ3) is 12.9. The lowest BCUT2D eigenvalue weighted by molar-refractivity contribution is -0.870. The lowest BCUT2D eigenvalue weighted by atomic mass is 9.88. The molecule has 2 aromatic heterocycles. The summed E-state index contributed by atoms with van der Waals surface area (Å²) in [5.74, 6) is -0.0146. The van der Waals surface area contributed by atoms with Crippen molar-refractivity contribution in [1.82, 2.24) is 20.1 Å². The summed E-state index contributed by atoms with van der Waals surface area (Å²) in [5.41, 5.74) is 4.21. The topological polar surface area (TPSA) is 96.1 Å². The number of hydrogen-bond acceptors (Lipinski definition) is 6. The number of aromatic nitrogens is 2. The lowest BCUT2D eigenvalue weighted by Gasteiger charge is -2.32. The summed E-state index contributed by atoms with van der Waals surface area (Å²) in [6.07, 6.45) is 12.6. The number of rotatable bonds is 25. The number of aryl methyl sites for hydroxylation is 2. The molecule has 14 heteroatoms. The number of nitrogens with zero attached hydrogens (tertiary/aromatic N) is 4. The quantitative estimate of drug-likeness (QED) is 0.0460. The van der Waals surface area contributed by atoms with E-state index in [2.05, 4.69) is 50.6 Å². The highest BCUT2D eigenvalue weighted by Gasteiger charge is 2.54. The number of allylic oxidation sites excluding steroid dienone is 2. The highest BCUT2D eigenvalue weighted by Crippen LogP contribution is 2.39. The molecule has 2 aliphatic heterocycles. The Morgan fingerprint density at radius 2 is 1.73 bits per heavy atom. The second-order valence-electron chi connectivity index (χ2n) is 15.7. The molecule has 0 bridgehead atoms. The fourth-order valence-corrected chi connectivity index (χ4v) is 9.11. The highest BCUT2D eigenvalue weighted by atomic mass is 33.1. The summed E-state index contributed by atoms with van der Waals surface area (Å²) in [7, 11) is 9.57. The Morgan fingerprint density at radius 3 is 2.42 bits per heavy atom. The van der Waals surface area contributed by atoms with Crippen LogP contribution in [0.5, 0.6) is 0 Å². The van der Waals surface area contributed by atoms with Gasteiger partial charge in [0.2, 0.25) is 11.8 Å². The van der Waals surface area contributed by atoms with Crippen LogP contribution in [0.2, 0.25) is 0 Å². The molecule has 2 aliphatic rings. The average molecular weight is 800 g/mol. The molecule has 302 valence electrons. The Morgan fingerprint density at radius 1 is 0.945 bits per heavy atom. The zero-order valence-corrected chi connectivity index (χ0v) is 35.4. The maximum absolute atomic E-state index is 16.9. The number of halogens is 2. The molecule has 4 rings (SSSR count). The first-order chi connectivity index (χ1) is 26.3. The minimum Gasteiger partial charge on any atom is -0.394 e. The second-order valence-corrected chi connectivity index (χ2v) is 18.1. The Labute approximate surface area is 335 Å². The summed E-state index contributed by atoms with van der Waals surface area (Å²) in [6.45, 7) is 3.73. The number of carbonyl (C=O) groups is 3. The van der Waals surface area contributed by atoms with Crippen molar-refractivity contribution in [3.63, 3.8) is 0 Å². The smallest absolute Gasteiger partial charge is 0.394 e. The zero-order chi connectivity index (χ0) is 40.0. The van der Waals surface area contributed by atoms with Crippen molar-refractivity contribution in [2.45, 2.75) is 109 Å². The van der Waals surface area contributed by atoms with Crippen molar-refractivity contribution in [2.75, 3.05) is 46.5 Å². The van der Waals surface area contributed by atoms with Crippen molar-refractivity contribution < 1.29 is 32.0 Å². The SMILES string of the molecule is CCCC1=CC(CCC(=O)CC(CC)C(=O)NCCCCC(=O)NCCSSc2ccccn2)=[N+]2C1=Cc1c(CCC)cc(CCC[N+](C)(C)C)n1[B-]2(F)F. The number of amides is 2. The van der Waals surface area contributed by atoms with Crippen molar-refractivity contribution in [3.8, 4) is 0 Å². The van der Waals surface area contributed by atoms with Gasteiger partial charge >= 0.3 is 6.97 Å². The first-order valence-electron chi connectivity index (χ1n) is 20.2. The lowest BCUT2D eigenvalue weighted by Crippen LogP contribution is -2.51. The number of carbonyl (C=O) groups excluding carboxylic acids is 3. The van der Waals surface area contributed by atoms with Crippen LogP contribution in [0.1, 0.15) is 108 Å². The van der Waals surface area contributed by atoms with Crippen LogP contribution in [-0.4, -0.2) is 95.2 Å². The van der Waals surface area contributed by atoms with Crippen LogP contribution >= 0.6 is 21.6 Å². The first kappa shape index (κ1) is 44.5. The van der Waals surface area contributed by atoms with E-state index in [0.29, 0.717) is 74.4 Å². The molecule has 0 spiro atoms. The van der Waals surface area contributed by atoms with Crippen molar-refractivity contribution >= 4 is 57.9 Å². The van der Waals surface area contributed by atoms with E-state index < -0.39 is 12.9 Å². The molecular weight excluding hydrogens is 737 g/mol. The van der Waals surface area contributed by atoms with Gasteiger partial charge in [0.1, 0.15) is 16.5 Å². The molecule has 2 N–H and O–H groups in total. The van der Waals surface area contributed by atoms with Gasteiger partial charge in [0.25, 0.3) is 0 Å². The van der Waals surface area contributed by atoms with E-state index in [1.165, 1.54) is 8.96 Å². The van der Waals surface area contributed by atoms with Crippen molar-refractivity contribution in [3.05, 3.63) is 64.8 Å². The number of fused-ring (bicyclic) bond motifs is 2. The maximum Gasteiger partial charge on any atom is 0.737 e. The molecule has 0 aromatic carbocycles. The third-order valence-electron chi connectivity index (χ3n) is 10.1. The van der Waals surface area contributed by atoms with Gasteiger partial charge in [-0.05, 0) is 78.8 Å². The Balaban J connectivity index is 1.29. The van der Waals surface area contributed by atoms with Crippen molar-refractivity contribution in [2.24, 2.45) is 5.92 Å². The summed E-state index contributed by atoms with van der Waals surface area (Å²) in [6, 6.07) is 7.76. The van der Waals surface area contributed by atoms with E-state index in [9.17, 15) is 14.4 Å². The fraction of sp³-hybridized carbons (Fsp3) is 0.585. The number of unbranched alkanes of at least 4 members (excludes halogenated alkanes) is 1. The highest BCUT2D eigenvalue weighted by molar-refractivity contribution is 8.76. The Kier molecular flexibility index (Phi) is 17.3. The summed E-state index contributed by atoms with van der Waals surface area (Å²) in [4.78, 5) is 42.8. The number of quaternary nitrogens is 1. The van der Waals surface area contributed by atoms with Gasteiger partial charge in [-0.25, -0.2) is 4.98 Å². The van der Waals surface area contributed by atoms with Gasteiger partial charge in [-0.2, -0.15) is 0 Å². The number of hydrogen-bond donors (Lipinski definition) is 2. The van der Waals surface area contributed by atoms with Crippen LogP contribution in [0.4, 0.5) is 8.63 Å². The molecule has 4 heterocycles. The molecule has 55 heavy (non-hydrogen) atoms. The molecule has 0 saturated carbocycles. The van der Waals surface area contributed by atoms with Gasteiger partial charge in [-0.15, -0.1) is 0 Å². The van der Waals surface area contributed by atoms with Crippen LogP contribution in [0.25, 0.3) is 6.08 Å². The molecule has 0 fully saturated rings. The molecular formula is C41H62BF2N6O3S2+. The number of pyridine rings is 1. The average Bonchev–Trinajstić information content (AvgIpc) is 3.68. The van der Waals surface area contributed by atoms with Crippen LogP contribution in [0.3, 0.4) is 0 Å². The summed E-state index contributed by atoms with van der Waals surface area (Å²) in [5, 5.41) is 6.80. The van der Waals surface area contributed by atoms with Crippen LogP contribution < -0.4 is 10.6 Å². The number of nitrogens with one attached hydrogen (secondary N) is 2. The maximum atomic E-state index is 16.9. The predicted octanol–water partition coefficient (Wildman–Crippen LogP) is 7.85. The van der Waals surface area contributed by atoms with Gasteiger partial charge in [0.05, 0.1) is 27.7 Å². The van der Waals surface area contributed by atoms with E-state index in [0.717, 1.165) is 58.6 Å².